The Balaban J connectivity index is 0.000000144. The van der Waals surface area contributed by atoms with E-state index in [1.54, 1.807) is 32.9 Å². The van der Waals surface area contributed by atoms with Crippen LogP contribution in [0.1, 0.15) is 89.9 Å². The first kappa shape index (κ1) is 48.3. The van der Waals surface area contributed by atoms with Crippen molar-refractivity contribution in [3.8, 4) is 0 Å². The molecule has 14 rings (SSSR count). The number of fused-ring (bicyclic) bond motifs is 12. The molecular weight excluding hydrogens is 948 g/mol. The van der Waals surface area contributed by atoms with E-state index in [2.05, 4.69) is 68.1 Å². The fraction of sp³-hybridized carbons (Fsp3) is 0.679. The van der Waals surface area contributed by atoms with Crippen LogP contribution >= 0.6 is 35.5 Å². The highest BCUT2D eigenvalue weighted by molar-refractivity contribution is 7.14. The third-order valence-electron chi connectivity index (χ3n) is 20.1. The summed E-state index contributed by atoms with van der Waals surface area (Å²) in [4.78, 5) is 66.7. The van der Waals surface area contributed by atoms with Gasteiger partial charge >= 0.3 is 0 Å². The predicted molar refractivity (Wildman–Crippen MR) is 284 cm³/mol. The molecule has 380 valence electrons. The molecule has 2 aromatic carbocycles. The van der Waals surface area contributed by atoms with Crippen molar-refractivity contribution < 1.29 is 19.2 Å². The van der Waals surface area contributed by atoms with Crippen molar-refractivity contribution in [3.63, 3.8) is 0 Å². The number of hydrogen-bond acceptors (Lipinski definition) is 12. The van der Waals surface area contributed by atoms with Gasteiger partial charge in [0.2, 0.25) is 23.6 Å². The highest BCUT2D eigenvalue weighted by atomic mass is 35.5. The fourth-order valence-electron chi connectivity index (χ4n) is 16.4. The van der Waals surface area contributed by atoms with E-state index in [0.717, 1.165) is 128 Å². The zero-order chi connectivity index (χ0) is 47.0. The van der Waals surface area contributed by atoms with Gasteiger partial charge in [-0.25, -0.2) is 0 Å². The Morgan fingerprint density at radius 3 is 1.10 bits per heavy atom. The van der Waals surface area contributed by atoms with Gasteiger partial charge in [-0.15, -0.1) is 12.4 Å². The van der Waals surface area contributed by atoms with E-state index >= 15 is 0 Å². The summed E-state index contributed by atoms with van der Waals surface area (Å²) in [5.74, 6) is 7.18. The molecule has 4 aromatic rings. The third kappa shape index (κ3) is 8.82. The van der Waals surface area contributed by atoms with Crippen LogP contribution in [0.4, 0.5) is 11.6 Å². The van der Waals surface area contributed by atoms with Gasteiger partial charge < -0.3 is 9.80 Å². The summed E-state index contributed by atoms with van der Waals surface area (Å²) < 4.78 is 12.0. The number of nitrogens with zero attached hydrogens (tertiary/aromatic N) is 8. The van der Waals surface area contributed by atoms with Gasteiger partial charge in [-0.2, -0.15) is 8.75 Å². The lowest BCUT2D eigenvalue weighted by Gasteiger charge is -2.40. The van der Waals surface area contributed by atoms with Crippen LogP contribution in [0.3, 0.4) is 0 Å². The standard InChI is InChI=1S/2C28H36N4O2S.ClH/c2*33-27-24-18-9-10-19(15-18)25(24)28(34)32(27)17-21-6-2-1-5-20(21)16-30-11-13-31(14-12-30)26-22-7-3-4-8-23(22)35-29-26;/h2*3-4,7-8,18-21,24-25H,1-2,5-6,9-17H2;1H/t2*18-,19+,20-,21-,24+,25-;/m00./s1. The molecule has 4 bridgehead atoms. The molecule has 4 aliphatic heterocycles. The molecule has 2 aromatic heterocycles. The number of imide groups is 2. The molecule has 0 N–H and O–H groups in total. The summed E-state index contributed by atoms with van der Waals surface area (Å²) in [7, 11) is 0. The van der Waals surface area contributed by atoms with Crippen molar-refractivity contribution in [2.75, 3.05) is 88.3 Å². The number of rotatable bonds is 10. The van der Waals surface area contributed by atoms with Gasteiger partial charge in [-0.1, -0.05) is 49.9 Å². The lowest BCUT2D eigenvalue weighted by atomic mass is 9.78. The van der Waals surface area contributed by atoms with Crippen molar-refractivity contribution in [2.45, 2.75) is 89.9 Å². The molecule has 4 saturated heterocycles. The Kier molecular flexibility index (Phi) is 13.7. The number of aromatic nitrogens is 2. The Bertz CT molecular complexity index is 2380. The minimum Gasteiger partial charge on any atom is -0.353 e. The zero-order valence-corrected chi connectivity index (χ0v) is 43.8. The normalized spacial score (nSPS) is 34.9. The zero-order valence-electron chi connectivity index (χ0n) is 41.4. The smallest absolute Gasteiger partial charge is 0.233 e. The van der Waals surface area contributed by atoms with Crippen molar-refractivity contribution >= 4 is 90.9 Å². The van der Waals surface area contributed by atoms with Crippen LogP contribution < -0.4 is 9.80 Å². The number of benzene rings is 2. The molecule has 10 fully saturated rings. The molecule has 6 heterocycles. The summed E-state index contributed by atoms with van der Waals surface area (Å²) in [6.07, 6.45) is 16.7. The van der Waals surface area contributed by atoms with Crippen LogP contribution in [0.25, 0.3) is 20.2 Å². The Morgan fingerprint density at radius 1 is 0.423 bits per heavy atom. The minimum atomic E-state index is 0. The molecule has 0 radical (unpaired) electrons. The number of hydrogen-bond donors (Lipinski definition) is 0. The molecule has 6 saturated carbocycles. The van der Waals surface area contributed by atoms with Crippen molar-refractivity contribution in [1.29, 1.82) is 0 Å². The summed E-state index contributed by atoms with van der Waals surface area (Å²) in [6, 6.07) is 17.1. The van der Waals surface area contributed by atoms with Crippen molar-refractivity contribution in [2.24, 2.45) is 71.0 Å². The maximum atomic E-state index is 13.3. The molecule has 12 atom stereocenters. The summed E-state index contributed by atoms with van der Waals surface area (Å²) in [5, 5.41) is 2.55. The van der Waals surface area contributed by atoms with Crippen LogP contribution in [-0.4, -0.2) is 131 Å². The Hall–Kier alpha value is -3.69. The van der Waals surface area contributed by atoms with Crippen LogP contribution in [0.15, 0.2) is 48.5 Å². The number of piperazine rings is 2. The van der Waals surface area contributed by atoms with Gasteiger partial charge in [0, 0.05) is 89.3 Å². The molecular formula is C56H73ClN8O4S2. The van der Waals surface area contributed by atoms with Gasteiger partial charge in [-0.05, 0) is 159 Å². The van der Waals surface area contributed by atoms with E-state index in [4.69, 9.17) is 8.75 Å². The van der Waals surface area contributed by atoms with Gasteiger partial charge in [0.25, 0.3) is 0 Å². The first-order chi connectivity index (χ1) is 34.3. The maximum absolute atomic E-state index is 13.3. The first-order valence-electron chi connectivity index (χ1n) is 27.7. The minimum absolute atomic E-state index is 0. The van der Waals surface area contributed by atoms with E-state index in [9.17, 15) is 19.2 Å². The van der Waals surface area contributed by atoms with Crippen molar-refractivity contribution in [1.82, 2.24) is 28.3 Å². The highest BCUT2D eigenvalue weighted by Gasteiger charge is 2.62. The first-order valence-corrected chi connectivity index (χ1v) is 29.2. The van der Waals surface area contributed by atoms with Crippen molar-refractivity contribution in [3.05, 3.63) is 48.5 Å². The second-order valence-electron chi connectivity index (χ2n) is 23.5. The van der Waals surface area contributed by atoms with E-state index < -0.39 is 0 Å². The Labute approximate surface area is 433 Å². The number of likely N-dealkylation sites (tertiary alicyclic amines) is 2. The largest absolute Gasteiger partial charge is 0.353 e. The van der Waals surface area contributed by atoms with E-state index in [0.29, 0.717) is 60.4 Å². The van der Waals surface area contributed by atoms with Crippen LogP contribution in [-0.2, 0) is 19.2 Å². The van der Waals surface area contributed by atoms with E-state index in [1.807, 2.05) is 0 Å². The van der Waals surface area contributed by atoms with Crippen LogP contribution in [0.2, 0.25) is 0 Å². The number of anilines is 2. The predicted octanol–water partition coefficient (Wildman–Crippen LogP) is 8.93. The monoisotopic (exact) mass is 1020 g/mol. The number of carbonyl (C=O) groups is 4. The summed E-state index contributed by atoms with van der Waals surface area (Å²) in [6.45, 7) is 11.9. The van der Waals surface area contributed by atoms with Crippen LogP contribution in [0, 0.1) is 71.0 Å². The molecule has 4 amide bonds. The lowest BCUT2D eigenvalue weighted by molar-refractivity contribution is -0.143. The van der Waals surface area contributed by atoms with Gasteiger partial charge in [0.05, 0.1) is 33.1 Å². The fourth-order valence-corrected chi connectivity index (χ4v) is 18.0. The SMILES string of the molecule is Cl.O=C1[C@@H]2[C@H]3CC[C@H](C3)[C@@H]2C(=O)N1C[C@@H]1CCCC[C@H]1CN1CCN(c2nsc3ccccc23)CC1.O=C1[C@@H]2[C@H]3CC[C@H](C3)[C@@H]2C(=O)N1C[C@@H]1CCCC[C@H]1CN1CCN(c2nsc3ccccc23)CC1. The Morgan fingerprint density at radius 2 is 0.746 bits per heavy atom. The lowest BCUT2D eigenvalue weighted by Crippen LogP contribution is -2.49. The molecule has 15 heteroatoms. The molecule has 10 aliphatic rings. The average molecular weight is 1020 g/mol. The quantitative estimate of drug-likeness (QED) is 0.143. The van der Waals surface area contributed by atoms with Gasteiger partial charge in [0.1, 0.15) is 11.6 Å². The van der Waals surface area contributed by atoms with Gasteiger partial charge in [0.15, 0.2) is 0 Å². The second-order valence-corrected chi connectivity index (χ2v) is 25.1. The molecule has 0 unspecified atom stereocenters. The number of halogens is 1. The number of amides is 4. The van der Waals surface area contributed by atoms with Gasteiger partial charge in [-0.3, -0.25) is 38.8 Å². The molecule has 0 spiro atoms. The number of carbonyl (C=O) groups excluding carboxylic acids is 4. The summed E-state index contributed by atoms with van der Waals surface area (Å²) >= 11 is 3.20. The van der Waals surface area contributed by atoms with E-state index in [1.165, 1.54) is 58.7 Å². The molecule has 12 nitrogen and oxygen atoms in total. The average Bonchev–Trinajstić information content (AvgIpc) is 4.29. The second kappa shape index (κ2) is 20.2. The maximum Gasteiger partial charge on any atom is 0.233 e. The molecule has 6 aliphatic carbocycles. The summed E-state index contributed by atoms with van der Waals surface area (Å²) in [5.41, 5.74) is 0. The van der Waals surface area contributed by atoms with E-state index in [-0.39, 0.29) is 59.7 Å². The highest BCUT2D eigenvalue weighted by Crippen LogP contribution is 2.57. The van der Waals surface area contributed by atoms with Crippen LogP contribution in [0.5, 0.6) is 0 Å². The third-order valence-corrected chi connectivity index (χ3v) is 21.7. The molecule has 71 heavy (non-hydrogen) atoms. The topological polar surface area (TPSA) is 114 Å².